The molecular weight excluding hydrogens is 238 g/mol. The fourth-order valence-corrected chi connectivity index (χ4v) is 1.56. The Kier molecular flexibility index (Phi) is 3.73. The van der Waals surface area contributed by atoms with Crippen LogP contribution in [0.25, 0.3) is 0 Å². The van der Waals surface area contributed by atoms with Crippen molar-refractivity contribution in [1.29, 1.82) is 0 Å². The molecule has 0 N–H and O–H groups in total. The van der Waals surface area contributed by atoms with Gasteiger partial charge in [-0.15, -0.1) is 0 Å². The lowest BCUT2D eigenvalue weighted by Gasteiger charge is -2.23. The van der Waals surface area contributed by atoms with Crippen LogP contribution in [0.15, 0.2) is 23.3 Å². The van der Waals surface area contributed by atoms with Crippen LogP contribution in [-0.2, 0) is 4.74 Å². The quantitative estimate of drug-likeness (QED) is 0.438. The minimum absolute atomic E-state index is 0.113. The predicted octanol–water partition coefficient (Wildman–Crippen LogP) is 0.334. The average molecular weight is 250 g/mol. The molecule has 0 aliphatic carbocycles. The Labute approximate surface area is 103 Å². The number of morpholine rings is 1. The molecule has 0 bridgehead atoms. The molecule has 1 aromatic rings. The van der Waals surface area contributed by atoms with Crippen LogP contribution < -0.4 is 5.11 Å². The minimum Gasteiger partial charge on any atom is -0.872 e. The van der Waals surface area contributed by atoms with Crippen LogP contribution in [0, 0.1) is 10.1 Å². The van der Waals surface area contributed by atoms with Crippen LogP contribution in [0.1, 0.15) is 5.56 Å². The molecule has 7 nitrogen and oxygen atoms in total. The molecule has 0 amide bonds. The van der Waals surface area contributed by atoms with E-state index in [0.29, 0.717) is 26.3 Å². The van der Waals surface area contributed by atoms with Crippen molar-refractivity contribution in [3.8, 4) is 5.75 Å². The van der Waals surface area contributed by atoms with Crippen LogP contribution in [0.5, 0.6) is 5.75 Å². The molecule has 7 heteroatoms. The van der Waals surface area contributed by atoms with E-state index in [1.165, 1.54) is 24.4 Å². The van der Waals surface area contributed by atoms with Gasteiger partial charge in [-0.2, -0.15) is 5.10 Å². The molecule has 2 rings (SSSR count). The van der Waals surface area contributed by atoms with Crippen LogP contribution in [0.4, 0.5) is 5.69 Å². The first-order valence-electron chi connectivity index (χ1n) is 5.49. The number of nitrogens with zero attached hydrogens (tertiary/aromatic N) is 3. The van der Waals surface area contributed by atoms with E-state index < -0.39 is 4.92 Å². The number of hydrazone groups is 1. The van der Waals surface area contributed by atoms with E-state index in [-0.39, 0.29) is 17.0 Å². The summed E-state index contributed by atoms with van der Waals surface area (Å²) in [6, 6.07) is 3.60. The van der Waals surface area contributed by atoms with Gasteiger partial charge in [-0.05, 0) is 5.56 Å². The molecule has 1 aromatic carbocycles. The number of ether oxygens (including phenoxy) is 1. The van der Waals surface area contributed by atoms with E-state index >= 15 is 0 Å². The zero-order valence-corrected chi connectivity index (χ0v) is 9.61. The molecule has 0 unspecified atom stereocenters. The molecule has 0 spiro atoms. The molecule has 1 fully saturated rings. The molecule has 0 atom stereocenters. The van der Waals surface area contributed by atoms with Crippen molar-refractivity contribution >= 4 is 11.9 Å². The molecule has 1 aliphatic rings. The summed E-state index contributed by atoms with van der Waals surface area (Å²) in [7, 11) is 0. The molecule has 18 heavy (non-hydrogen) atoms. The van der Waals surface area contributed by atoms with Gasteiger partial charge in [-0.3, -0.25) is 15.1 Å². The maximum Gasteiger partial charge on any atom is 0.270 e. The summed E-state index contributed by atoms with van der Waals surface area (Å²) in [5.74, 6) is -0.280. The first-order valence-corrected chi connectivity index (χ1v) is 5.49. The molecule has 1 saturated heterocycles. The van der Waals surface area contributed by atoms with Crippen molar-refractivity contribution < 1.29 is 14.8 Å². The molecule has 0 radical (unpaired) electrons. The van der Waals surface area contributed by atoms with E-state index in [2.05, 4.69) is 5.10 Å². The summed E-state index contributed by atoms with van der Waals surface area (Å²) < 4.78 is 5.16. The standard InChI is InChI=1S/C11H13N3O4/c15-11-2-1-10(14(16)17)7-9(11)8-12-13-3-5-18-6-4-13/h1-2,7-8,15H,3-6H2/p-1/b12-8-. The van der Waals surface area contributed by atoms with E-state index in [1.54, 1.807) is 5.01 Å². The highest BCUT2D eigenvalue weighted by molar-refractivity contribution is 5.84. The van der Waals surface area contributed by atoms with Crippen LogP contribution >= 0.6 is 0 Å². The summed E-state index contributed by atoms with van der Waals surface area (Å²) in [5.41, 5.74) is 0.105. The number of hydrogen-bond donors (Lipinski definition) is 0. The molecule has 0 saturated carbocycles. The van der Waals surface area contributed by atoms with E-state index in [0.717, 1.165) is 0 Å². The smallest absolute Gasteiger partial charge is 0.270 e. The van der Waals surface area contributed by atoms with E-state index in [9.17, 15) is 15.2 Å². The Morgan fingerprint density at radius 3 is 2.78 bits per heavy atom. The second-order valence-corrected chi connectivity index (χ2v) is 3.79. The second kappa shape index (κ2) is 5.46. The number of rotatable bonds is 3. The predicted molar refractivity (Wildman–Crippen MR) is 62.5 cm³/mol. The maximum atomic E-state index is 11.5. The monoisotopic (exact) mass is 250 g/mol. The first-order chi connectivity index (χ1) is 8.66. The van der Waals surface area contributed by atoms with Crippen molar-refractivity contribution in [3.63, 3.8) is 0 Å². The highest BCUT2D eigenvalue weighted by atomic mass is 16.6. The Hall–Kier alpha value is -2.15. The van der Waals surface area contributed by atoms with E-state index in [1.807, 2.05) is 0 Å². The fraction of sp³-hybridized carbons (Fsp3) is 0.364. The molecule has 0 aromatic heterocycles. The normalized spacial score (nSPS) is 16.1. The zero-order valence-electron chi connectivity index (χ0n) is 9.61. The molecule has 1 heterocycles. The molecular formula is C11H12N3O4-. The van der Waals surface area contributed by atoms with Gasteiger partial charge in [-0.25, -0.2) is 0 Å². The van der Waals surface area contributed by atoms with Gasteiger partial charge in [-0.1, -0.05) is 11.8 Å². The van der Waals surface area contributed by atoms with E-state index in [4.69, 9.17) is 4.74 Å². The number of hydrogen-bond acceptors (Lipinski definition) is 6. The van der Waals surface area contributed by atoms with Crippen LogP contribution in [-0.4, -0.2) is 42.5 Å². The highest BCUT2D eigenvalue weighted by Gasteiger charge is 2.08. The minimum atomic E-state index is -0.536. The molecule has 96 valence electrons. The van der Waals surface area contributed by atoms with Crippen molar-refractivity contribution in [2.24, 2.45) is 5.10 Å². The summed E-state index contributed by atoms with van der Waals surface area (Å²) >= 11 is 0. The van der Waals surface area contributed by atoms with Crippen LogP contribution in [0.3, 0.4) is 0 Å². The lowest BCUT2D eigenvalue weighted by Crippen LogP contribution is -2.32. The Bertz CT molecular complexity index is 469. The third-order valence-electron chi connectivity index (χ3n) is 2.55. The summed E-state index contributed by atoms with van der Waals surface area (Å²) in [5, 5.41) is 28.0. The SMILES string of the molecule is O=[N+]([O-])c1ccc([O-])c(/C=N\N2CCOCC2)c1. The van der Waals surface area contributed by atoms with Crippen LogP contribution in [0.2, 0.25) is 0 Å². The lowest BCUT2D eigenvalue weighted by molar-refractivity contribution is -0.385. The topological polar surface area (TPSA) is 91.0 Å². The number of nitro benzene ring substituents is 1. The zero-order chi connectivity index (χ0) is 13.0. The largest absolute Gasteiger partial charge is 0.872 e. The lowest BCUT2D eigenvalue weighted by atomic mass is 10.2. The maximum absolute atomic E-state index is 11.5. The van der Waals surface area contributed by atoms with Crippen molar-refractivity contribution in [1.82, 2.24) is 5.01 Å². The summed E-state index contributed by atoms with van der Waals surface area (Å²) in [6.07, 6.45) is 1.36. The van der Waals surface area contributed by atoms with Gasteiger partial charge in [0, 0.05) is 12.1 Å². The highest BCUT2D eigenvalue weighted by Crippen LogP contribution is 2.19. The Morgan fingerprint density at radius 1 is 1.39 bits per heavy atom. The van der Waals surface area contributed by atoms with Crippen molar-refractivity contribution in [2.75, 3.05) is 26.3 Å². The number of nitro groups is 1. The third kappa shape index (κ3) is 2.95. The Morgan fingerprint density at radius 2 is 2.11 bits per heavy atom. The third-order valence-corrected chi connectivity index (χ3v) is 2.55. The molecule has 1 aliphatic heterocycles. The summed E-state index contributed by atoms with van der Waals surface area (Å²) in [6.45, 7) is 2.49. The van der Waals surface area contributed by atoms with Gasteiger partial charge in [0.1, 0.15) is 0 Å². The average Bonchev–Trinajstić information content (AvgIpc) is 2.38. The van der Waals surface area contributed by atoms with Gasteiger partial charge >= 0.3 is 0 Å². The number of non-ortho nitro benzene ring substituents is 1. The van der Waals surface area contributed by atoms with Gasteiger partial charge in [0.05, 0.1) is 37.4 Å². The summed E-state index contributed by atoms with van der Waals surface area (Å²) in [4.78, 5) is 10.1. The van der Waals surface area contributed by atoms with Crippen molar-refractivity contribution in [3.05, 3.63) is 33.9 Å². The number of benzene rings is 1. The van der Waals surface area contributed by atoms with Gasteiger partial charge in [0.2, 0.25) is 0 Å². The van der Waals surface area contributed by atoms with Gasteiger partial charge < -0.3 is 9.84 Å². The van der Waals surface area contributed by atoms with Crippen molar-refractivity contribution in [2.45, 2.75) is 0 Å². The Balaban J connectivity index is 2.14. The van der Waals surface area contributed by atoms with Gasteiger partial charge in [0.15, 0.2) is 0 Å². The second-order valence-electron chi connectivity index (χ2n) is 3.79. The van der Waals surface area contributed by atoms with Gasteiger partial charge in [0.25, 0.3) is 5.69 Å². The first kappa shape index (κ1) is 12.3. The fourth-order valence-electron chi connectivity index (χ4n) is 1.56.